The van der Waals surface area contributed by atoms with Crippen molar-refractivity contribution in [2.75, 3.05) is 0 Å². The molecule has 3 atom stereocenters. The molecule has 1 amide bonds. The lowest BCUT2D eigenvalue weighted by molar-refractivity contribution is -0.140. The van der Waals surface area contributed by atoms with Crippen LogP contribution in [0.4, 0.5) is 0 Å². The minimum absolute atomic E-state index is 0.0631. The quantitative estimate of drug-likeness (QED) is 0.760. The molecule has 2 N–H and O–H groups in total. The fourth-order valence-corrected chi connectivity index (χ4v) is 2.66. The first kappa shape index (κ1) is 11.4. The Bertz CT molecular complexity index is 297. The van der Waals surface area contributed by atoms with Gasteiger partial charge in [0.05, 0.1) is 11.8 Å². The molecule has 0 aromatic carbocycles. The highest BCUT2D eigenvalue weighted by Gasteiger charge is 2.48. The highest BCUT2D eigenvalue weighted by molar-refractivity contribution is 5.89. The zero-order chi connectivity index (χ0) is 11.7. The summed E-state index contributed by atoms with van der Waals surface area (Å²) in [4.78, 5) is 22.4. The number of carboxylic acids is 1. The van der Waals surface area contributed by atoms with Crippen LogP contribution in [0.2, 0.25) is 0 Å². The van der Waals surface area contributed by atoms with Crippen molar-refractivity contribution >= 4 is 11.9 Å². The average molecular weight is 225 g/mol. The highest BCUT2D eigenvalue weighted by Crippen LogP contribution is 2.39. The van der Waals surface area contributed by atoms with E-state index >= 15 is 0 Å². The van der Waals surface area contributed by atoms with Crippen LogP contribution in [0, 0.1) is 17.8 Å². The smallest absolute Gasteiger partial charge is 0.307 e. The first-order valence-electron chi connectivity index (χ1n) is 6.12. The van der Waals surface area contributed by atoms with Crippen molar-refractivity contribution in [2.45, 2.75) is 45.1 Å². The maximum absolute atomic E-state index is 11.7. The monoisotopic (exact) mass is 225 g/mol. The van der Waals surface area contributed by atoms with Crippen LogP contribution >= 0.6 is 0 Å². The van der Waals surface area contributed by atoms with Gasteiger partial charge in [-0.3, -0.25) is 9.59 Å². The van der Waals surface area contributed by atoms with Crippen molar-refractivity contribution in [3.05, 3.63) is 0 Å². The molecule has 0 bridgehead atoms. The maximum Gasteiger partial charge on any atom is 0.307 e. The minimum Gasteiger partial charge on any atom is -0.481 e. The first-order chi connectivity index (χ1) is 7.59. The SMILES string of the molecule is CC(NC(=O)[C@@H]1C[C@@H]1C(=O)O)C1CCCC1. The van der Waals surface area contributed by atoms with E-state index in [2.05, 4.69) is 5.32 Å². The number of carbonyl (C=O) groups excluding carboxylic acids is 1. The van der Waals surface area contributed by atoms with E-state index in [-0.39, 0.29) is 17.9 Å². The molecule has 0 radical (unpaired) electrons. The molecule has 2 aliphatic rings. The Morgan fingerprint density at radius 3 is 2.38 bits per heavy atom. The molecule has 4 nitrogen and oxygen atoms in total. The number of rotatable bonds is 4. The Labute approximate surface area is 95.4 Å². The zero-order valence-corrected chi connectivity index (χ0v) is 9.61. The molecular weight excluding hydrogens is 206 g/mol. The predicted octanol–water partition coefficient (Wildman–Crippen LogP) is 1.40. The summed E-state index contributed by atoms with van der Waals surface area (Å²) in [6, 6.07) is 0.199. The Kier molecular flexibility index (Phi) is 3.17. The maximum atomic E-state index is 11.7. The third kappa shape index (κ3) is 2.36. The van der Waals surface area contributed by atoms with Gasteiger partial charge >= 0.3 is 5.97 Å². The lowest BCUT2D eigenvalue weighted by Gasteiger charge is -2.20. The molecule has 0 aliphatic heterocycles. The summed E-state index contributed by atoms with van der Waals surface area (Å²) in [5.74, 6) is -1.02. The normalized spacial score (nSPS) is 31.1. The van der Waals surface area contributed by atoms with Crippen LogP contribution in [-0.4, -0.2) is 23.0 Å². The number of carbonyl (C=O) groups is 2. The average Bonchev–Trinajstić information content (AvgIpc) is 2.85. The summed E-state index contributed by atoms with van der Waals surface area (Å²) in [7, 11) is 0. The van der Waals surface area contributed by atoms with Crippen LogP contribution in [0.25, 0.3) is 0 Å². The summed E-state index contributed by atoms with van der Waals surface area (Å²) in [6.07, 6.45) is 5.40. The van der Waals surface area contributed by atoms with E-state index < -0.39 is 11.9 Å². The Hall–Kier alpha value is -1.06. The fraction of sp³-hybridized carbons (Fsp3) is 0.833. The third-order valence-corrected chi connectivity index (χ3v) is 3.92. The summed E-state index contributed by atoms with van der Waals surface area (Å²) >= 11 is 0. The second-order valence-electron chi connectivity index (χ2n) is 5.13. The summed E-state index contributed by atoms with van der Waals surface area (Å²) in [5, 5.41) is 11.7. The van der Waals surface area contributed by atoms with Crippen molar-refractivity contribution < 1.29 is 14.7 Å². The van der Waals surface area contributed by atoms with E-state index in [4.69, 9.17) is 5.11 Å². The molecule has 4 heteroatoms. The predicted molar refractivity (Wildman–Crippen MR) is 58.8 cm³/mol. The van der Waals surface area contributed by atoms with E-state index in [0.29, 0.717) is 12.3 Å². The molecule has 0 aromatic heterocycles. The number of amides is 1. The number of nitrogens with one attached hydrogen (secondary N) is 1. The Balaban J connectivity index is 1.77. The van der Waals surface area contributed by atoms with Gasteiger partial charge in [0.1, 0.15) is 0 Å². The molecule has 2 fully saturated rings. The van der Waals surface area contributed by atoms with Gasteiger partial charge in [-0.1, -0.05) is 12.8 Å². The number of carboxylic acid groups (broad SMARTS) is 1. The molecule has 2 saturated carbocycles. The minimum atomic E-state index is -0.839. The van der Waals surface area contributed by atoms with Gasteiger partial charge in [-0.15, -0.1) is 0 Å². The van der Waals surface area contributed by atoms with Crippen molar-refractivity contribution in [1.82, 2.24) is 5.32 Å². The van der Waals surface area contributed by atoms with Crippen LogP contribution in [0.3, 0.4) is 0 Å². The fourth-order valence-electron chi connectivity index (χ4n) is 2.66. The molecule has 0 heterocycles. The van der Waals surface area contributed by atoms with Gasteiger partial charge in [0.25, 0.3) is 0 Å². The molecule has 2 aliphatic carbocycles. The molecular formula is C12H19NO3. The van der Waals surface area contributed by atoms with Gasteiger partial charge in [0, 0.05) is 6.04 Å². The second-order valence-corrected chi connectivity index (χ2v) is 5.13. The molecule has 1 unspecified atom stereocenters. The molecule has 0 saturated heterocycles. The van der Waals surface area contributed by atoms with Crippen molar-refractivity contribution in [3.8, 4) is 0 Å². The Morgan fingerprint density at radius 1 is 1.25 bits per heavy atom. The molecule has 2 rings (SSSR count). The van der Waals surface area contributed by atoms with E-state index in [9.17, 15) is 9.59 Å². The van der Waals surface area contributed by atoms with Crippen molar-refractivity contribution in [3.63, 3.8) is 0 Å². The van der Waals surface area contributed by atoms with Gasteiger partial charge in [-0.25, -0.2) is 0 Å². The van der Waals surface area contributed by atoms with Gasteiger partial charge in [0.15, 0.2) is 0 Å². The van der Waals surface area contributed by atoms with E-state index in [1.165, 1.54) is 25.7 Å². The van der Waals surface area contributed by atoms with Gasteiger partial charge < -0.3 is 10.4 Å². The van der Waals surface area contributed by atoms with E-state index in [0.717, 1.165) is 0 Å². The summed E-state index contributed by atoms with van der Waals surface area (Å²) in [6.45, 7) is 2.03. The first-order valence-corrected chi connectivity index (χ1v) is 6.12. The molecule has 16 heavy (non-hydrogen) atoms. The van der Waals surface area contributed by atoms with Crippen LogP contribution in [0.5, 0.6) is 0 Å². The second kappa shape index (κ2) is 4.44. The van der Waals surface area contributed by atoms with Crippen LogP contribution in [0.1, 0.15) is 39.0 Å². The standard InChI is InChI=1S/C12H19NO3/c1-7(8-4-2-3-5-8)13-11(14)9-6-10(9)12(15)16/h7-10H,2-6H2,1H3,(H,13,14)(H,15,16)/t7?,9-,10+/m1/s1. The lowest BCUT2D eigenvalue weighted by Crippen LogP contribution is -2.38. The lowest BCUT2D eigenvalue weighted by atomic mass is 9.99. The zero-order valence-electron chi connectivity index (χ0n) is 9.61. The van der Waals surface area contributed by atoms with E-state index in [1.54, 1.807) is 0 Å². The summed E-state index contributed by atoms with van der Waals surface area (Å²) < 4.78 is 0. The van der Waals surface area contributed by atoms with E-state index in [1.807, 2.05) is 6.92 Å². The topological polar surface area (TPSA) is 66.4 Å². The molecule has 0 aromatic rings. The van der Waals surface area contributed by atoms with Crippen LogP contribution in [0.15, 0.2) is 0 Å². The van der Waals surface area contributed by atoms with Gasteiger partial charge in [-0.2, -0.15) is 0 Å². The van der Waals surface area contributed by atoms with Crippen LogP contribution in [-0.2, 0) is 9.59 Å². The van der Waals surface area contributed by atoms with Gasteiger partial charge in [-0.05, 0) is 32.1 Å². The van der Waals surface area contributed by atoms with Crippen molar-refractivity contribution in [1.29, 1.82) is 0 Å². The number of aliphatic carboxylic acids is 1. The van der Waals surface area contributed by atoms with Gasteiger partial charge in [0.2, 0.25) is 5.91 Å². The largest absolute Gasteiger partial charge is 0.481 e. The molecule has 0 spiro atoms. The third-order valence-electron chi connectivity index (χ3n) is 3.92. The van der Waals surface area contributed by atoms with Crippen molar-refractivity contribution in [2.24, 2.45) is 17.8 Å². The Morgan fingerprint density at radius 2 is 1.88 bits per heavy atom. The molecule has 90 valence electrons. The number of hydrogen-bond acceptors (Lipinski definition) is 2. The van der Waals surface area contributed by atoms with Crippen LogP contribution < -0.4 is 5.32 Å². The highest BCUT2D eigenvalue weighted by atomic mass is 16.4. The number of hydrogen-bond donors (Lipinski definition) is 2. The summed E-state index contributed by atoms with van der Waals surface area (Å²) in [5.41, 5.74) is 0.